The maximum atomic E-state index is 5.68. The number of halogens is 1. The topological polar surface area (TPSA) is 35.2 Å². The highest BCUT2D eigenvalue weighted by atomic mass is 79.9. The van der Waals surface area contributed by atoms with E-state index in [9.17, 15) is 0 Å². The minimum absolute atomic E-state index is 0. The Morgan fingerprint density at radius 2 is 2.19 bits per heavy atom. The van der Waals surface area contributed by atoms with Crippen molar-refractivity contribution >= 4 is 17.0 Å². The lowest BCUT2D eigenvalue weighted by atomic mass is 9.92. The van der Waals surface area contributed by atoms with Crippen LogP contribution in [-0.4, -0.2) is 13.2 Å². The first-order chi connectivity index (χ1) is 7.40. The molecule has 1 heterocycles. The number of hydrogen-bond acceptors (Lipinski definition) is 2. The Labute approximate surface area is 107 Å². The molecule has 0 radical (unpaired) electrons. The molecule has 16 heavy (non-hydrogen) atoms. The predicted octanol–water partition coefficient (Wildman–Crippen LogP) is 2.58. The average molecular weight is 284 g/mol. The summed E-state index contributed by atoms with van der Waals surface area (Å²) in [6.07, 6.45) is 4.74. The molecule has 2 nitrogen and oxygen atoms in total. The third-order valence-corrected chi connectivity index (χ3v) is 3.70. The van der Waals surface area contributed by atoms with Gasteiger partial charge in [-0.3, -0.25) is 0 Å². The second-order valence-corrected chi connectivity index (χ2v) is 4.53. The first-order valence-corrected chi connectivity index (χ1v) is 5.87. The van der Waals surface area contributed by atoms with Gasteiger partial charge in [-0.25, -0.2) is 0 Å². The Kier molecular flexibility index (Phi) is 3.55. The number of nitrogens with two attached hydrogens (primary N) is 1. The van der Waals surface area contributed by atoms with Crippen LogP contribution in [0, 0.1) is 0 Å². The maximum absolute atomic E-state index is 5.68. The molecule has 0 saturated heterocycles. The van der Waals surface area contributed by atoms with Crippen LogP contribution in [0.25, 0.3) is 0 Å². The van der Waals surface area contributed by atoms with Gasteiger partial charge < -0.3 is 10.5 Å². The van der Waals surface area contributed by atoms with Crippen molar-refractivity contribution in [3.05, 3.63) is 28.8 Å². The molecular weight excluding hydrogens is 266 g/mol. The molecule has 1 aromatic carbocycles. The van der Waals surface area contributed by atoms with Crippen LogP contribution in [0.5, 0.6) is 5.75 Å². The van der Waals surface area contributed by atoms with E-state index in [2.05, 4.69) is 12.1 Å². The van der Waals surface area contributed by atoms with Gasteiger partial charge in [0.15, 0.2) is 0 Å². The number of rotatable bonds is 2. The van der Waals surface area contributed by atoms with E-state index in [4.69, 9.17) is 10.5 Å². The molecule has 0 fully saturated rings. The summed E-state index contributed by atoms with van der Waals surface area (Å²) in [5.41, 5.74) is 10.3. The van der Waals surface area contributed by atoms with Gasteiger partial charge in [0.1, 0.15) is 5.75 Å². The van der Waals surface area contributed by atoms with Gasteiger partial charge in [-0.1, -0.05) is 6.07 Å². The van der Waals surface area contributed by atoms with E-state index in [0.29, 0.717) is 5.92 Å². The largest absolute Gasteiger partial charge is 0.493 e. The van der Waals surface area contributed by atoms with E-state index in [1.165, 1.54) is 24.0 Å². The molecule has 3 rings (SSSR count). The van der Waals surface area contributed by atoms with Gasteiger partial charge in [0.2, 0.25) is 0 Å². The molecule has 0 bridgehead atoms. The molecule has 88 valence electrons. The fourth-order valence-corrected chi connectivity index (χ4v) is 3.04. The van der Waals surface area contributed by atoms with Crippen molar-refractivity contribution in [2.45, 2.75) is 31.6 Å². The zero-order valence-corrected chi connectivity index (χ0v) is 11.1. The van der Waals surface area contributed by atoms with Crippen LogP contribution in [0.1, 0.15) is 35.4 Å². The van der Waals surface area contributed by atoms with E-state index in [1.54, 1.807) is 5.56 Å². The van der Waals surface area contributed by atoms with Crippen LogP contribution < -0.4 is 10.5 Å². The second kappa shape index (κ2) is 4.76. The summed E-state index contributed by atoms with van der Waals surface area (Å²) in [5.74, 6) is 1.82. The SMILES string of the molecule is Br.NCCC1CCc2ccc3c(c21)CCO3. The van der Waals surface area contributed by atoms with Crippen molar-refractivity contribution in [2.24, 2.45) is 5.73 Å². The first-order valence-electron chi connectivity index (χ1n) is 5.87. The highest BCUT2D eigenvalue weighted by Gasteiger charge is 2.28. The molecular formula is C13H18BrNO. The van der Waals surface area contributed by atoms with Crippen molar-refractivity contribution in [1.29, 1.82) is 0 Å². The molecule has 0 aromatic heterocycles. The monoisotopic (exact) mass is 283 g/mol. The van der Waals surface area contributed by atoms with E-state index in [-0.39, 0.29) is 17.0 Å². The van der Waals surface area contributed by atoms with Crippen LogP contribution in [-0.2, 0) is 12.8 Å². The Bertz CT molecular complexity index is 390. The fraction of sp³-hybridized carbons (Fsp3) is 0.538. The summed E-state index contributed by atoms with van der Waals surface area (Å²) >= 11 is 0. The lowest BCUT2D eigenvalue weighted by Gasteiger charge is -2.13. The van der Waals surface area contributed by atoms with Gasteiger partial charge in [0, 0.05) is 12.0 Å². The average Bonchev–Trinajstić information content (AvgIpc) is 2.83. The molecule has 2 aliphatic rings. The Morgan fingerprint density at radius 3 is 3.00 bits per heavy atom. The standard InChI is InChI=1S/C13H17NO.BrH/c14-7-5-10-2-1-9-3-4-12-11(13(9)10)6-8-15-12;/h3-4,10H,1-2,5-8,14H2;1H. The minimum atomic E-state index is 0. The van der Waals surface area contributed by atoms with Gasteiger partial charge in [-0.15, -0.1) is 17.0 Å². The molecule has 1 aliphatic heterocycles. The lowest BCUT2D eigenvalue weighted by Crippen LogP contribution is -2.06. The summed E-state index contributed by atoms with van der Waals surface area (Å²) in [4.78, 5) is 0. The fourth-order valence-electron chi connectivity index (χ4n) is 3.04. The molecule has 1 aromatic rings. The zero-order valence-electron chi connectivity index (χ0n) is 9.37. The van der Waals surface area contributed by atoms with Crippen LogP contribution in [0.3, 0.4) is 0 Å². The van der Waals surface area contributed by atoms with Gasteiger partial charge >= 0.3 is 0 Å². The summed E-state index contributed by atoms with van der Waals surface area (Å²) in [6.45, 7) is 1.66. The van der Waals surface area contributed by atoms with Gasteiger partial charge in [-0.2, -0.15) is 0 Å². The third kappa shape index (κ3) is 1.76. The summed E-state index contributed by atoms with van der Waals surface area (Å²) in [6, 6.07) is 4.39. The number of hydrogen-bond donors (Lipinski definition) is 1. The second-order valence-electron chi connectivity index (χ2n) is 4.53. The van der Waals surface area contributed by atoms with Crippen molar-refractivity contribution in [3.63, 3.8) is 0 Å². The molecule has 2 N–H and O–H groups in total. The van der Waals surface area contributed by atoms with E-state index in [1.807, 2.05) is 0 Å². The van der Waals surface area contributed by atoms with Crippen LogP contribution in [0.15, 0.2) is 12.1 Å². The molecule has 1 aliphatic carbocycles. The molecule has 0 amide bonds. The van der Waals surface area contributed by atoms with Gasteiger partial charge in [0.25, 0.3) is 0 Å². The number of aryl methyl sites for hydroxylation is 1. The van der Waals surface area contributed by atoms with Gasteiger partial charge in [0.05, 0.1) is 6.61 Å². The molecule has 0 spiro atoms. The quantitative estimate of drug-likeness (QED) is 0.906. The smallest absolute Gasteiger partial charge is 0.122 e. The van der Waals surface area contributed by atoms with Gasteiger partial charge in [-0.05, 0) is 48.9 Å². The van der Waals surface area contributed by atoms with E-state index >= 15 is 0 Å². The molecule has 3 heteroatoms. The maximum Gasteiger partial charge on any atom is 0.122 e. The van der Waals surface area contributed by atoms with Crippen molar-refractivity contribution in [3.8, 4) is 5.75 Å². The lowest BCUT2D eigenvalue weighted by molar-refractivity contribution is 0.357. The van der Waals surface area contributed by atoms with Crippen molar-refractivity contribution in [1.82, 2.24) is 0 Å². The Balaban J connectivity index is 0.000000963. The summed E-state index contributed by atoms with van der Waals surface area (Å²) < 4.78 is 5.62. The third-order valence-electron chi connectivity index (χ3n) is 3.70. The summed E-state index contributed by atoms with van der Waals surface area (Å²) in [5, 5.41) is 0. The number of fused-ring (bicyclic) bond motifs is 3. The highest BCUT2D eigenvalue weighted by molar-refractivity contribution is 8.93. The number of ether oxygens (including phenoxy) is 1. The molecule has 1 atom stereocenters. The molecule has 0 saturated carbocycles. The predicted molar refractivity (Wildman–Crippen MR) is 70.7 cm³/mol. The highest BCUT2D eigenvalue weighted by Crippen LogP contribution is 2.42. The normalized spacial score (nSPS) is 20.9. The zero-order chi connectivity index (χ0) is 10.3. The minimum Gasteiger partial charge on any atom is -0.493 e. The number of benzene rings is 1. The van der Waals surface area contributed by atoms with Crippen LogP contribution in [0.4, 0.5) is 0 Å². The van der Waals surface area contributed by atoms with Crippen LogP contribution >= 0.6 is 17.0 Å². The van der Waals surface area contributed by atoms with E-state index in [0.717, 1.165) is 31.7 Å². The molecule has 1 unspecified atom stereocenters. The van der Waals surface area contributed by atoms with Crippen molar-refractivity contribution in [2.75, 3.05) is 13.2 Å². The van der Waals surface area contributed by atoms with E-state index < -0.39 is 0 Å². The Morgan fingerprint density at radius 1 is 1.31 bits per heavy atom. The Hall–Kier alpha value is -0.540. The van der Waals surface area contributed by atoms with Crippen molar-refractivity contribution < 1.29 is 4.74 Å². The van der Waals surface area contributed by atoms with Crippen LogP contribution in [0.2, 0.25) is 0 Å². The summed E-state index contributed by atoms with van der Waals surface area (Å²) in [7, 11) is 0. The first kappa shape index (κ1) is 11.9.